The SMILES string of the molecule is CCC1C(C(N)=O)C(C(N)=O)CN1CC. The lowest BCUT2D eigenvalue weighted by Crippen LogP contribution is -2.41. The van der Waals surface area contributed by atoms with Crippen molar-refractivity contribution in [3.8, 4) is 0 Å². The average molecular weight is 213 g/mol. The molecule has 0 spiro atoms. The highest BCUT2D eigenvalue weighted by Crippen LogP contribution is 2.31. The average Bonchev–Trinajstić information content (AvgIpc) is 2.55. The second-order valence-electron chi connectivity index (χ2n) is 4.00. The van der Waals surface area contributed by atoms with Crippen LogP contribution in [-0.2, 0) is 9.59 Å². The van der Waals surface area contributed by atoms with E-state index in [4.69, 9.17) is 11.5 Å². The Bertz CT molecular complexity index is 267. The molecule has 3 unspecified atom stereocenters. The number of carbonyl (C=O) groups excluding carboxylic acids is 2. The number of hydrogen-bond donors (Lipinski definition) is 2. The van der Waals surface area contributed by atoms with Gasteiger partial charge in [-0.05, 0) is 13.0 Å². The zero-order chi connectivity index (χ0) is 11.6. The van der Waals surface area contributed by atoms with Crippen LogP contribution in [0.1, 0.15) is 20.3 Å². The molecule has 86 valence electrons. The fraction of sp³-hybridized carbons (Fsp3) is 0.800. The van der Waals surface area contributed by atoms with Gasteiger partial charge in [-0.1, -0.05) is 13.8 Å². The Kier molecular flexibility index (Phi) is 3.68. The lowest BCUT2D eigenvalue weighted by molar-refractivity contribution is -0.130. The van der Waals surface area contributed by atoms with Gasteiger partial charge in [-0.15, -0.1) is 0 Å². The molecule has 2 amide bonds. The van der Waals surface area contributed by atoms with Crippen LogP contribution in [-0.4, -0.2) is 35.8 Å². The predicted molar refractivity (Wildman–Crippen MR) is 56.7 cm³/mol. The lowest BCUT2D eigenvalue weighted by Gasteiger charge is -2.24. The first kappa shape index (κ1) is 12.0. The largest absolute Gasteiger partial charge is 0.369 e. The molecule has 0 bridgehead atoms. The van der Waals surface area contributed by atoms with Crippen molar-refractivity contribution in [2.24, 2.45) is 23.3 Å². The maximum Gasteiger partial charge on any atom is 0.222 e. The molecule has 0 aromatic rings. The highest BCUT2D eigenvalue weighted by molar-refractivity contribution is 5.87. The number of rotatable bonds is 4. The Morgan fingerprint density at radius 1 is 1.27 bits per heavy atom. The minimum absolute atomic E-state index is 0.0602. The molecular weight excluding hydrogens is 194 g/mol. The van der Waals surface area contributed by atoms with E-state index < -0.39 is 23.7 Å². The molecule has 5 nitrogen and oxygen atoms in total. The fourth-order valence-electron chi connectivity index (χ4n) is 2.53. The van der Waals surface area contributed by atoms with Crippen molar-refractivity contribution in [1.29, 1.82) is 0 Å². The number of nitrogens with zero attached hydrogens (tertiary/aromatic N) is 1. The van der Waals surface area contributed by atoms with Gasteiger partial charge in [-0.25, -0.2) is 0 Å². The highest BCUT2D eigenvalue weighted by Gasteiger charge is 2.45. The van der Waals surface area contributed by atoms with Gasteiger partial charge in [0.1, 0.15) is 0 Å². The van der Waals surface area contributed by atoms with Crippen LogP contribution in [0, 0.1) is 11.8 Å². The molecule has 0 aromatic carbocycles. The molecule has 1 aliphatic heterocycles. The van der Waals surface area contributed by atoms with Crippen molar-refractivity contribution in [2.45, 2.75) is 26.3 Å². The van der Waals surface area contributed by atoms with Crippen LogP contribution < -0.4 is 11.5 Å². The molecule has 1 fully saturated rings. The summed E-state index contributed by atoms with van der Waals surface area (Å²) in [4.78, 5) is 24.7. The maximum absolute atomic E-state index is 11.3. The summed E-state index contributed by atoms with van der Waals surface area (Å²) in [5.41, 5.74) is 10.6. The van der Waals surface area contributed by atoms with Crippen LogP contribution in [0.2, 0.25) is 0 Å². The minimum atomic E-state index is -0.424. The van der Waals surface area contributed by atoms with Gasteiger partial charge in [0, 0.05) is 12.6 Å². The van der Waals surface area contributed by atoms with Crippen LogP contribution in [0.3, 0.4) is 0 Å². The molecule has 1 rings (SSSR count). The third-order valence-corrected chi connectivity index (χ3v) is 3.27. The Balaban J connectivity index is 2.93. The van der Waals surface area contributed by atoms with Crippen molar-refractivity contribution < 1.29 is 9.59 Å². The predicted octanol–water partition coefficient (Wildman–Crippen LogP) is -0.696. The summed E-state index contributed by atoms with van der Waals surface area (Å²) in [6, 6.07) is 0.0602. The lowest BCUT2D eigenvalue weighted by atomic mass is 9.88. The zero-order valence-corrected chi connectivity index (χ0v) is 9.27. The summed E-state index contributed by atoms with van der Waals surface area (Å²) < 4.78 is 0. The minimum Gasteiger partial charge on any atom is -0.369 e. The van der Waals surface area contributed by atoms with Crippen molar-refractivity contribution >= 4 is 11.8 Å². The Morgan fingerprint density at radius 3 is 2.20 bits per heavy atom. The number of amides is 2. The summed E-state index contributed by atoms with van der Waals surface area (Å²) in [6.45, 7) is 5.36. The molecule has 1 saturated heterocycles. The smallest absolute Gasteiger partial charge is 0.222 e. The maximum atomic E-state index is 11.3. The van der Waals surface area contributed by atoms with Crippen molar-refractivity contribution in [1.82, 2.24) is 4.90 Å². The number of hydrogen-bond acceptors (Lipinski definition) is 3. The molecule has 3 atom stereocenters. The summed E-state index contributed by atoms with van der Waals surface area (Å²) in [5.74, 6) is -1.69. The van der Waals surface area contributed by atoms with Gasteiger partial charge >= 0.3 is 0 Å². The third kappa shape index (κ3) is 2.12. The van der Waals surface area contributed by atoms with Crippen LogP contribution in [0.4, 0.5) is 0 Å². The first-order chi connectivity index (χ1) is 7.02. The van der Waals surface area contributed by atoms with Gasteiger partial charge in [0.25, 0.3) is 0 Å². The summed E-state index contributed by atoms with van der Waals surface area (Å²) >= 11 is 0. The van der Waals surface area contributed by atoms with Crippen LogP contribution in [0.15, 0.2) is 0 Å². The summed E-state index contributed by atoms with van der Waals surface area (Å²) in [7, 11) is 0. The molecule has 5 heteroatoms. The zero-order valence-electron chi connectivity index (χ0n) is 9.27. The van der Waals surface area contributed by atoms with E-state index in [0.29, 0.717) is 6.54 Å². The third-order valence-electron chi connectivity index (χ3n) is 3.27. The fourth-order valence-corrected chi connectivity index (χ4v) is 2.53. The Hall–Kier alpha value is -1.10. The molecule has 0 aromatic heterocycles. The van der Waals surface area contributed by atoms with E-state index in [1.165, 1.54) is 0 Å². The second-order valence-corrected chi connectivity index (χ2v) is 4.00. The van der Waals surface area contributed by atoms with Crippen LogP contribution in [0.25, 0.3) is 0 Å². The van der Waals surface area contributed by atoms with Crippen molar-refractivity contribution in [3.05, 3.63) is 0 Å². The molecule has 0 radical (unpaired) electrons. The molecular formula is C10H19N3O2. The van der Waals surface area contributed by atoms with E-state index in [-0.39, 0.29) is 6.04 Å². The topological polar surface area (TPSA) is 89.4 Å². The quantitative estimate of drug-likeness (QED) is 0.647. The molecule has 1 aliphatic rings. The number of primary amides is 2. The number of nitrogens with two attached hydrogens (primary N) is 2. The van der Waals surface area contributed by atoms with E-state index >= 15 is 0 Å². The van der Waals surface area contributed by atoms with Gasteiger partial charge in [0.15, 0.2) is 0 Å². The summed E-state index contributed by atoms with van der Waals surface area (Å²) in [6.07, 6.45) is 0.811. The van der Waals surface area contributed by atoms with E-state index in [1.54, 1.807) is 0 Å². The van der Waals surface area contributed by atoms with Crippen molar-refractivity contribution in [3.63, 3.8) is 0 Å². The molecule has 4 N–H and O–H groups in total. The standard InChI is InChI=1S/C10H19N3O2/c1-3-7-8(10(12)15)6(9(11)14)5-13(7)4-2/h6-8H,3-5H2,1-2H3,(H2,11,14)(H2,12,15). The Labute approximate surface area is 89.8 Å². The molecule has 1 heterocycles. The first-order valence-corrected chi connectivity index (χ1v) is 5.35. The van der Waals surface area contributed by atoms with Crippen LogP contribution >= 0.6 is 0 Å². The second kappa shape index (κ2) is 4.61. The monoisotopic (exact) mass is 213 g/mol. The molecule has 0 saturated carbocycles. The highest BCUT2D eigenvalue weighted by atomic mass is 16.2. The summed E-state index contributed by atoms with van der Waals surface area (Å²) in [5, 5.41) is 0. The molecule has 0 aliphatic carbocycles. The first-order valence-electron chi connectivity index (χ1n) is 5.35. The number of likely N-dealkylation sites (tertiary alicyclic amines) is 1. The van der Waals surface area contributed by atoms with E-state index in [9.17, 15) is 9.59 Å². The Morgan fingerprint density at radius 2 is 1.87 bits per heavy atom. The molecule has 15 heavy (non-hydrogen) atoms. The van der Waals surface area contributed by atoms with Gasteiger partial charge in [-0.3, -0.25) is 14.5 Å². The van der Waals surface area contributed by atoms with Gasteiger partial charge < -0.3 is 11.5 Å². The van der Waals surface area contributed by atoms with Gasteiger partial charge in [0.2, 0.25) is 11.8 Å². The van der Waals surface area contributed by atoms with E-state index in [1.807, 2.05) is 13.8 Å². The number of carbonyl (C=O) groups is 2. The van der Waals surface area contributed by atoms with Crippen LogP contribution in [0.5, 0.6) is 0 Å². The normalized spacial score (nSPS) is 31.7. The van der Waals surface area contributed by atoms with E-state index in [0.717, 1.165) is 13.0 Å². The van der Waals surface area contributed by atoms with Gasteiger partial charge in [-0.2, -0.15) is 0 Å². The van der Waals surface area contributed by atoms with E-state index in [2.05, 4.69) is 4.90 Å². The van der Waals surface area contributed by atoms with Crippen molar-refractivity contribution in [2.75, 3.05) is 13.1 Å². The van der Waals surface area contributed by atoms with Gasteiger partial charge in [0.05, 0.1) is 11.8 Å².